The Morgan fingerprint density at radius 2 is 1.40 bits per heavy atom. The van der Waals surface area contributed by atoms with Gasteiger partial charge in [-0.2, -0.15) is 0 Å². The predicted molar refractivity (Wildman–Crippen MR) is 34.0 cm³/mol. The lowest BCUT2D eigenvalue weighted by Crippen LogP contribution is -2.07. The molecular formula is C2H9BO6P+. The zero-order valence-electron chi connectivity index (χ0n) is 5.59. The standard InChI is InChI=1S/C2H6O3P.BH3O3/c1-4-6(3)5-2;2-1(3)4/h1-2H3;2-4H/q+1;. The molecule has 60 valence electrons. The second-order valence-corrected chi connectivity index (χ2v) is 2.11. The van der Waals surface area contributed by atoms with Crippen LogP contribution in [-0.4, -0.2) is 36.6 Å². The van der Waals surface area contributed by atoms with Crippen molar-refractivity contribution in [2.75, 3.05) is 14.2 Å². The van der Waals surface area contributed by atoms with Crippen molar-refractivity contribution in [2.45, 2.75) is 0 Å². The molecule has 0 spiro atoms. The Labute approximate surface area is 59.5 Å². The highest BCUT2D eigenvalue weighted by Gasteiger charge is 2.10. The van der Waals surface area contributed by atoms with Gasteiger partial charge in [0.2, 0.25) is 0 Å². The van der Waals surface area contributed by atoms with Gasteiger partial charge >= 0.3 is 15.6 Å². The Bertz CT molecular complexity index is 77.1. The van der Waals surface area contributed by atoms with Crippen molar-refractivity contribution in [3.8, 4) is 0 Å². The lowest BCUT2D eigenvalue weighted by molar-refractivity contribution is 0.278. The first kappa shape index (κ1) is 12.6. The summed E-state index contributed by atoms with van der Waals surface area (Å²) in [7, 11) is -1.35. The molecule has 0 unspecified atom stereocenters. The molecule has 0 aromatic carbocycles. The van der Waals surface area contributed by atoms with Crippen molar-refractivity contribution < 1.29 is 28.7 Å². The van der Waals surface area contributed by atoms with Gasteiger partial charge in [0.25, 0.3) is 0 Å². The minimum atomic E-state index is -2.17. The topological polar surface area (TPSA) is 96.2 Å². The first-order valence-corrected chi connectivity index (χ1v) is 3.23. The second kappa shape index (κ2) is 8.96. The molecule has 0 aliphatic heterocycles. The van der Waals surface area contributed by atoms with Crippen LogP contribution in [0.2, 0.25) is 0 Å². The lowest BCUT2D eigenvalue weighted by atomic mass is 10.3. The van der Waals surface area contributed by atoms with E-state index in [-0.39, 0.29) is 0 Å². The number of hydrogen-bond donors (Lipinski definition) is 3. The summed E-state index contributed by atoms with van der Waals surface area (Å²) in [6.45, 7) is 0. The van der Waals surface area contributed by atoms with Gasteiger partial charge in [-0.1, -0.05) is 0 Å². The van der Waals surface area contributed by atoms with Crippen LogP contribution in [0.15, 0.2) is 0 Å². The third kappa shape index (κ3) is 24.6. The first-order valence-electron chi connectivity index (χ1n) is 2.14. The van der Waals surface area contributed by atoms with Crippen molar-refractivity contribution >= 4 is 15.6 Å². The molecule has 0 aromatic rings. The van der Waals surface area contributed by atoms with E-state index in [2.05, 4.69) is 9.05 Å². The van der Waals surface area contributed by atoms with E-state index < -0.39 is 15.6 Å². The fraction of sp³-hybridized carbons (Fsp3) is 1.00. The van der Waals surface area contributed by atoms with Crippen molar-refractivity contribution in [3.05, 3.63) is 0 Å². The third-order valence-electron chi connectivity index (χ3n) is 0.298. The van der Waals surface area contributed by atoms with Crippen molar-refractivity contribution in [2.24, 2.45) is 0 Å². The SMILES string of the molecule is CO[P+](=O)OC.OB(O)O. The summed E-state index contributed by atoms with van der Waals surface area (Å²) >= 11 is 0. The molecule has 0 saturated heterocycles. The third-order valence-corrected chi connectivity index (χ3v) is 0.894. The molecular weight excluding hydrogens is 162 g/mol. The fourth-order valence-electron chi connectivity index (χ4n) is 0.0745. The van der Waals surface area contributed by atoms with Gasteiger partial charge < -0.3 is 15.1 Å². The Morgan fingerprint density at radius 3 is 1.40 bits per heavy atom. The Balaban J connectivity index is 0. The van der Waals surface area contributed by atoms with Gasteiger partial charge in [-0.15, -0.1) is 9.05 Å². The van der Waals surface area contributed by atoms with Gasteiger partial charge in [0.05, 0.1) is 14.2 Å². The minimum absolute atomic E-state index is 1.32. The van der Waals surface area contributed by atoms with E-state index in [9.17, 15) is 4.57 Å². The van der Waals surface area contributed by atoms with Crippen LogP contribution < -0.4 is 0 Å². The monoisotopic (exact) mass is 171 g/mol. The molecule has 10 heavy (non-hydrogen) atoms. The van der Waals surface area contributed by atoms with Crippen LogP contribution in [0.3, 0.4) is 0 Å². The van der Waals surface area contributed by atoms with Crippen molar-refractivity contribution in [1.82, 2.24) is 0 Å². The zero-order chi connectivity index (χ0) is 8.57. The average Bonchev–Trinajstić information content (AvgIpc) is 1.85. The molecule has 0 radical (unpaired) electrons. The molecule has 0 saturated carbocycles. The molecule has 0 aromatic heterocycles. The maximum Gasteiger partial charge on any atom is 0.696 e. The van der Waals surface area contributed by atoms with Gasteiger partial charge in [0, 0.05) is 4.57 Å². The highest BCUT2D eigenvalue weighted by molar-refractivity contribution is 7.33. The van der Waals surface area contributed by atoms with Crippen LogP contribution in [0.25, 0.3) is 0 Å². The molecule has 3 N–H and O–H groups in total. The van der Waals surface area contributed by atoms with Gasteiger partial charge in [-0.3, -0.25) is 0 Å². The van der Waals surface area contributed by atoms with Crippen LogP contribution >= 0.6 is 8.25 Å². The van der Waals surface area contributed by atoms with Crippen LogP contribution in [0, 0.1) is 0 Å². The molecule has 0 heterocycles. The molecule has 0 atom stereocenters. The Kier molecular flexibility index (Phi) is 11.3. The van der Waals surface area contributed by atoms with Crippen LogP contribution in [0.4, 0.5) is 0 Å². The van der Waals surface area contributed by atoms with E-state index >= 15 is 0 Å². The Morgan fingerprint density at radius 1 is 1.20 bits per heavy atom. The summed E-state index contributed by atoms with van der Waals surface area (Å²) in [5, 5.41) is 21.5. The van der Waals surface area contributed by atoms with E-state index in [0.29, 0.717) is 0 Å². The zero-order valence-corrected chi connectivity index (χ0v) is 6.49. The quantitative estimate of drug-likeness (QED) is 0.359. The van der Waals surface area contributed by atoms with E-state index in [4.69, 9.17) is 15.1 Å². The molecule has 0 fully saturated rings. The molecule has 8 heteroatoms. The number of hydrogen-bond acceptors (Lipinski definition) is 6. The summed E-state index contributed by atoms with van der Waals surface area (Å²) in [6.07, 6.45) is 0. The van der Waals surface area contributed by atoms with Crippen molar-refractivity contribution in [1.29, 1.82) is 0 Å². The van der Waals surface area contributed by atoms with Gasteiger partial charge in [0.15, 0.2) is 0 Å². The molecule has 6 nitrogen and oxygen atoms in total. The van der Waals surface area contributed by atoms with Crippen LogP contribution in [-0.2, 0) is 13.6 Å². The van der Waals surface area contributed by atoms with E-state index in [0.717, 1.165) is 0 Å². The van der Waals surface area contributed by atoms with Gasteiger partial charge in [-0.25, -0.2) is 0 Å². The predicted octanol–water partition coefficient (Wildman–Crippen LogP) is -1.12. The van der Waals surface area contributed by atoms with Gasteiger partial charge in [0.1, 0.15) is 0 Å². The fourth-order valence-corrected chi connectivity index (χ4v) is 0.224. The second-order valence-electron chi connectivity index (χ2n) is 0.935. The minimum Gasteiger partial charge on any atom is -0.402 e. The van der Waals surface area contributed by atoms with Crippen molar-refractivity contribution in [3.63, 3.8) is 0 Å². The lowest BCUT2D eigenvalue weighted by Gasteiger charge is -1.69. The summed E-state index contributed by atoms with van der Waals surface area (Å²) in [4.78, 5) is 0. The van der Waals surface area contributed by atoms with Crippen LogP contribution in [0.5, 0.6) is 0 Å². The highest BCUT2D eigenvalue weighted by Crippen LogP contribution is 2.18. The smallest absolute Gasteiger partial charge is 0.402 e. The van der Waals surface area contributed by atoms with Crippen LogP contribution in [0.1, 0.15) is 0 Å². The maximum absolute atomic E-state index is 9.88. The molecule has 0 aliphatic rings. The summed E-state index contributed by atoms with van der Waals surface area (Å²) in [6, 6.07) is 0. The van der Waals surface area contributed by atoms with E-state index in [1.807, 2.05) is 0 Å². The van der Waals surface area contributed by atoms with Gasteiger partial charge in [-0.05, 0) is 0 Å². The molecule has 0 amide bonds. The normalized spacial score (nSPS) is 7.70. The first-order chi connectivity index (χ1) is 4.54. The maximum atomic E-state index is 9.88. The number of rotatable bonds is 2. The highest BCUT2D eigenvalue weighted by atomic mass is 31.1. The van der Waals surface area contributed by atoms with E-state index in [1.165, 1.54) is 14.2 Å². The molecule has 0 rings (SSSR count). The van der Waals surface area contributed by atoms with E-state index in [1.54, 1.807) is 0 Å². The summed E-state index contributed by atoms with van der Waals surface area (Å²) < 4.78 is 18.3. The summed E-state index contributed by atoms with van der Waals surface area (Å²) in [5.41, 5.74) is 0. The molecule has 0 aliphatic carbocycles. The largest absolute Gasteiger partial charge is 0.696 e. The Hall–Kier alpha value is -0.0351. The summed E-state index contributed by atoms with van der Waals surface area (Å²) in [5.74, 6) is 0. The average molecular weight is 171 g/mol. The molecule has 0 bridgehead atoms.